The van der Waals surface area contributed by atoms with Crippen LogP contribution in [0.15, 0.2) is 152 Å². The average Bonchev–Trinajstić information content (AvgIpc) is 3.63. The minimum Gasteiger partial charge on any atom is -0.312 e. The van der Waals surface area contributed by atoms with Crippen molar-refractivity contribution >= 4 is 63.3 Å². The van der Waals surface area contributed by atoms with Gasteiger partial charge in [-0.3, -0.25) is 0 Å². The highest BCUT2D eigenvalue weighted by Gasteiger charge is 2.49. The summed E-state index contributed by atoms with van der Waals surface area (Å²) in [6.45, 7) is 0.391. The van der Waals surface area contributed by atoms with E-state index in [1.165, 1.54) is 94.3 Å². The van der Waals surface area contributed by atoms with E-state index in [4.69, 9.17) is 0 Å². The Kier molecular flexibility index (Phi) is 4.54. The maximum absolute atomic E-state index is 2.63. The molecule has 0 atom stereocenters. The highest BCUT2D eigenvalue weighted by atomic mass is 15.2. The van der Waals surface area contributed by atoms with Gasteiger partial charge in [-0.25, -0.2) is 0 Å². The van der Waals surface area contributed by atoms with Crippen LogP contribution in [-0.4, -0.2) is 13.4 Å². The molecule has 0 amide bonds. The summed E-state index contributed by atoms with van der Waals surface area (Å²) in [5, 5.41) is 0. The van der Waals surface area contributed by atoms with Crippen LogP contribution < -0.4 is 37.7 Å². The second kappa shape index (κ2) is 8.55. The predicted molar refractivity (Wildman–Crippen MR) is 192 cm³/mol. The Morgan fingerprint density at radius 3 is 1.49 bits per heavy atom. The molecule has 0 fully saturated rings. The SMILES string of the molecule is c1ccc(-c2cc3c4c(c2)B2c5ccccc5-c5cc(-c6ccccc6)cc(c52)N4c2cccc4c2B3c2ccccc2-4)cc1. The Labute approximate surface area is 263 Å². The van der Waals surface area contributed by atoms with Crippen LogP contribution in [0.2, 0.25) is 0 Å². The second-order valence-electron chi connectivity index (χ2n) is 12.8. The number of fused-ring (bicyclic) bond motifs is 10. The minimum absolute atomic E-state index is 0.186. The molecule has 45 heavy (non-hydrogen) atoms. The van der Waals surface area contributed by atoms with Crippen molar-refractivity contribution in [2.45, 2.75) is 0 Å². The summed E-state index contributed by atoms with van der Waals surface area (Å²) in [6.07, 6.45) is 0. The van der Waals surface area contributed by atoms with E-state index in [2.05, 4.69) is 157 Å². The van der Waals surface area contributed by atoms with Crippen molar-refractivity contribution in [3.63, 3.8) is 0 Å². The summed E-state index contributed by atoms with van der Waals surface area (Å²) >= 11 is 0. The van der Waals surface area contributed by atoms with Crippen LogP contribution >= 0.6 is 0 Å². The molecule has 204 valence electrons. The van der Waals surface area contributed by atoms with Gasteiger partial charge in [0.25, 0.3) is 0 Å². The molecule has 7 aromatic rings. The van der Waals surface area contributed by atoms with Crippen molar-refractivity contribution in [1.29, 1.82) is 0 Å². The van der Waals surface area contributed by atoms with Crippen LogP contribution in [0.4, 0.5) is 17.1 Å². The molecule has 0 radical (unpaired) electrons. The molecule has 4 aliphatic heterocycles. The van der Waals surface area contributed by atoms with Crippen molar-refractivity contribution < 1.29 is 0 Å². The van der Waals surface area contributed by atoms with Crippen LogP contribution in [-0.2, 0) is 0 Å². The molecule has 4 aliphatic rings. The fourth-order valence-electron chi connectivity index (χ4n) is 8.92. The number of hydrogen-bond acceptors (Lipinski definition) is 1. The van der Waals surface area contributed by atoms with Gasteiger partial charge in [-0.2, -0.15) is 0 Å². The lowest BCUT2D eigenvalue weighted by Gasteiger charge is -2.43. The van der Waals surface area contributed by atoms with E-state index >= 15 is 0 Å². The van der Waals surface area contributed by atoms with Crippen LogP contribution in [0.3, 0.4) is 0 Å². The maximum Gasteiger partial charge on any atom is 0.248 e. The second-order valence-corrected chi connectivity index (χ2v) is 12.8. The van der Waals surface area contributed by atoms with E-state index in [-0.39, 0.29) is 13.4 Å². The third-order valence-electron chi connectivity index (χ3n) is 10.7. The van der Waals surface area contributed by atoms with Crippen molar-refractivity contribution in [2.75, 3.05) is 4.90 Å². The highest BCUT2D eigenvalue weighted by molar-refractivity contribution is 7.05. The van der Waals surface area contributed by atoms with Gasteiger partial charge in [0.2, 0.25) is 13.4 Å². The van der Waals surface area contributed by atoms with Gasteiger partial charge in [0.15, 0.2) is 0 Å². The molecular weight excluding hydrogens is 540 g/mol. The van der Waals surface area contributed by atoms with E-state index in [1.807, 2.05) is 0 Å². The Morgan fingerprint density at radius 2 is 0.844 bits per heavy atom. The molecule has 0 N–H and O–H groups in total. The van der Waals surface area contributed by atoms with E-state index in [0.29, 0.717) is 0 Å². The lowest BCUT2D eigenvalue weighted by molar-refractivity contribution is 1.31. The third kappa shape index (κ3) is 3.01. The van der Waals surface area contributed by atoms with Crippen molar-refractivity contribution in [3.05, 3.63) is 152 Å². The monoisotopic (exact) mass is 565 g/mol. The summed E-state index contributed by atoms with van der Waals surface area (Å²) in [6, 6.07) is 56.9. The molecule has 3 heteroatoms. The van der Waals surface area contributed by atoms with Gasteiger partial charge in [-0.1, -0.05) is 144 Å². The molecule has 1 nitrogen and oxygen atoms in total. The van der Waals surface area contributed by atoms with E-state index in [9.17, 15) is 0 Å². The average molecular weight is 565 g/mol. The molecule has 7 aromatic carbocycles. The van der Waals surface area contributed by atoms with Gasteiger partial charge in [0, 0.05) is 17.1 Å². The zero-order valence-electron chi connectivity index (χ0n) is 24.5. The Hall–Kier alpha value is -5.53. The standard InChI is InChI=1S/C42H25B2N/c1-3-12-26(13-4-1)28-22-33-31-17-8-10-20-35(31)44-37-24-29(27-14-5-2-6-15-27)23-36-42(37)45(39(25-28)41(33)44)38-21-11-18-32-30-16-7-9-19-34(30)43(36)40(32)38/h1-25H. The first-order valence-corrected chi connectivity index (χ1v) is 15.9. The van der Waals surface area contributed by atoms with Crippen molar-refractivity contribution in [3.8, 4) is 44.5 Å². The molecule has 0 aromatic heterocycles. The van der Waals surface area contributed by atoms with E-state index in [0.717, 1.165) is 0 Å². The van der Waals surface area contributed by atoms with Crippen LogP contribution in [0, 0.1) is 0 Å². The molecule has 0 saturated carbocycles. The normalized spacial score (nSPS) is 13.6. The first-order valence-electron chi connectivity index (χ1n) is 15.9. The first-order chi connectivity index (χ1) is 22.3. The third-order valence-corrected chi connectivity index (χ3v) is 10.7. The predicted octanol–water partition coefficient (Wildman–Crippen LogP) is 6.11. The minimum atomic E-state index is 0.186. The highest BCUT2D eigenvalue weighted by Crippen LogP contribution is 2.46. The molecular formula is C42H25B2N. The van der Waals surface area contributed by atoms with Crippen LogP contribution in [0.5, 0.6) is 0 Å². The Balaban J connectivity index is 1.31. The molecule has 0 unspecified atom stereocenters. The summed E-state index contributed by atoms with van der Waals surface area (Å²) < 4.78 is 0. The van der Waals surface area contributed by atoms with Crippen LogP contribution in [0.1, 0.15) is 0 Å². The number of anilines is 3. The van der Waals surface area contributed by atoms with Crippen molar-refractivity contribution in [2.24, 2.45) is 0 Å². The van der Waals surface area contributed by atoms with Gasteiger partial charge >= 0.3 is 0 Å². The topological polar surface area (TPSA) is 3.24 Å². The van der Waals surface area contributed by atoms with Gasteiger partial charge in [0.1, 0.15) is 0 Å². The zero-order chi connectivity index (χ0) is 29.2. The number of rotatable bonds is 2. The van der Waals surface area contributed by atoms with Gasteiger partial charge < -0.3 is 4.90 Å². The van der Waals surface area contributed by atoms with Gasteiger partial charge in [-0.05, 0) is 84.6 Å². The van der Waals surface area contributed by atoms with Gasteiger partial charge in [-0.15, -0.1) is 0 Å². The quantitative estimate of drug-likeness (QED) is 0.229. The smallest absolute Gasteiger partial charge is 0.248 e. The van der Waals surface area contributed by atoms with E-state index < -0.39 is 0 Å². The first kappa shape index (κ1) is 23.9. The molecule has 0 aliphatic carbocycles. The molecule has 4 heterocycles. The van der Waals surface area contributed by atoms with E-state index in [1.54, 1.807) is 0 Å². The van der Waals surface area contributed by atoms with Crippen molar-refractivity contribution in [1.82, 2.24) is 0 Å². The zero-order valence-corrected chi connectivity index (χ0v) is 24.5. The Morgan fingerprint density at radius 1 is 0.333 bits per heavy atom. The van der Waals surface area contributed by atoms with Gasteiger partial charge in [0.05, 0.1) is 0 Å². The summed E-state index contributed by atoms with van der Waals surface area (Å²) in [4.78, 5) is 2.63. The summed E-state index contributed by atoms with van der Waals surface area (Å²) in [7, 11) is 0. The fourth-order valence-corrected chi connectivity index (χ4v) is 8.92. The molecule has 0 spiro atoms. The number of hydrogen-bond donors (Lipinski definition) is 0. The number of nitrogens with zero attached hydrogens (tertiary/aromatic N) is 1. The molecule has 0 bridgehead atoms. The molecule has 0 saturated heterocycles. The lowest BCUT2D eigenvalue weighted by Crippen LogP contribution is -2.63. The van der Waals surface area contributed by atoms with Crippen LogP contribution in [0.25, 0.3) is 44.5 Å². The summed E-state index contributed by atoms with van der Waals surface area (Å²) in [5.41, 5.74) is 23.1. The fraction of sp³-hybridized carbons (Fsp3) is 0. The lowest BCUT2D eigenvalue weighted by atomic mass is 9.32. The largest absolute Gasteiger partial charge is 0.312 e. The Bertz CT molecular complexity index is 2380. The molecule has 11 rings (SSSR count). The number of benzene rings is 7. The summed E-state index contributed by atoms with van der Waals surface area (Å²) in [5.74, 6) is 0. The maximum atomic E-state index is 2.63.